The minimum absolute atomic E-state index is 0.00235. The predicted octanol–water partition coefficient (Wildman–Crippen LogP) is -0.652. The Bertz CT molecular complexity index is 365. The molecule has 21 heavy (non-hydrogen) atoms. The maximum atomic E-state index is 12.0. The Labute approximate surface area is 126 Å². The van der Waals surface area contributed by atoms with Crippen molar-refractivity contribution < 1.29 is 14.4 Å². The van der Waals surface area contributed by atoms with E-state index >= 15 is 0 Å². The fourth-order valence-electron chi connectivity index (χ4n) is 2.28. The normalized spacial score (nSPS) is 17.6. The molecule has 1 heterocycles. The van der Waals surface area contributed by atoms with Gasteiger partial charge in [-0.3, -0.25) is 19.3 Å². The Kier molecular flexibility index (Phi) is 7.35. The van der Waals surface area contributed by atoms with Gasteiger partial charge >= 0.3 is 0 Å². The molecule has 0 radical (unpaired) electrons. The number of carbonyl (C=O) groups excluding carboxylic acids is 2. The van der Waals surface area contributed by atoms with Crippen LogP contribution in [-0.2, 0) is 14.4 Å². The van der Waals surface area contributed by atoms with Gasteiger partial charge in [-0.15, -0.1) is 6.58 Å². The largest absolute Gasteiger partial charge is 0.340 e. The van der Waals surface area contributed by atoms with Gasteiger partial charge in [0.25, 0.3) is 5.91 Å². The van der Waals surface area contributed by atoms with Crippen LogP contribution in [0.3, 0.4) is 0 Å². The van der Waals surface area contributed by atoms with E-state index in [9.17, 15) is 9.59 Å². The number of carbonyl (C=O) groups is 2. The summed E-state index contributed by atoms with van der Waals surface area (Å²) in [4.78, 5) is 32.7. The standard InChI is InChI=1S/C14H26N4O3/c1-4-9-21-16-13(19)12(10-15)17-5-7-18(8-6-17)14(20)11(2)3/h4,11-12H,1,5-10,15H2,2-3H3,(H,16,19). The van der Waals surface area contributed by atoms with Crippen LogP contribution in [0.1, 0.15) is 13.8 Å². The SMILES string of the molecule is C=CCONC(=O)C(CN)N1CCN(C(=O)C(C)C)CC1. The van der Waals surface area contributed by atoms with Crippen LogP contribution in [0.2, 0.25) is 0 Å². The molecule has 7 heteroatoms. The molecule has 1 unspecified atom stereocenters. The smallest absolute Gasteiger partial charge is 0.262 e. The number of hydroxylamine groups is 1. The number of nitrogens with zero attached hydrogens (tertiary/aromatic N) is 2. The molecular formula is C14H26N4O3. The number of nitrogens with two attached hydrogens (primary N) is 1. The summed E-state index contributed by atoms with van der Waals surface area (Å²) in [5.74, 6) is -0.113. The van der Waals surface area contributed by atoms with Crippen LogP contribution in [0.15, 0.2) is 12.7 Å². The topological polar surface area (TPSA) is 87.9 Å². The molecule has 0 spiro atoms. The molecule has 0 aromatic rings. The zero-order valence-corrected chi connectivity index (χ0v) is 12.9. The minimum atomic E-state index is -0.439. The van der Waals surface area contributed by atoms with Crippen molar-refractivity contribution in [3.8, 4) is 0 Å². The lowest BCUT2D eigenvalue weighted by Crippen LogP contribution is -2.58. The lowest BCUT2D eigenvalue weighted by atomic mass is 10.1. The summed E-state index contributed by atoms with van der Waals surface area (Å²) >= 11 is 0. The third-order valence-corrected chi connectivity index (χ3v) is 3.46. The number of hydrogen-bond acceptors (Lipinski definition) is 5. The molecule has 1 fully saturated rings. The fraction of sp³-hybridized carbons (Fsp3) is 0.714. The van der Waals surface area contributed by atoms with Gasteiger partial charge in [0, 0.05) is 38.6 Å². The quantitative estimate of drug-likeness (QED) is 0.370. The zero-order valence-electron chi connectivity index (χ0n) is 12.9. The molecule has 1 saturated heterocycles. The van der Waals surface area contributed by atoms with Gasteiger partial charge in [0.05, 0.1) is 6.61 Å². The third-order valence-electron chi connectivity index (χ3n) is 3.46. The Morgan fingerprint density at radius 1 is 1.33 bits per heavy atom. The Morgan fingerprint density at radius 2 is 1.95 bits per heavy atom. The van der Waals surface area contributed by atoms with E-state index in [1.807, 2.05) is 23.6 Å². The van der Waals surface area contributed by atoms with E-state index in [2.05, 4.69) is 12.1 Å². The van der Waals surface area contributed by atoms with Gasteiger partial charge in [-0.25, -0.2) is 5.48 Å². The summed E-state index contributed by atoms with van der Waals surface area (Å²) in [6.07, 6.45) is 1.55. The second-order valence-electron chi connectivity index (χ2n) is 5.33. The van der Waals surface area contributed by atoms with Crippen LogP contribution in [0, 0.1) is 5.92 Å². The van der Waals surface area contributed by atoms with E-state index in [-0.39, 0.29) is 30.9 Å². The molecule has 3 N–H and O–H groups in total. The van der Waals surface area contributed by atoms with E-state index in [0.29, 0.717) is 26.2 Å². The molecule has 7 nitrogen and oxygen atoms in total. The second kappa shape index (κ2) is 8.76. The first-order valence-corrected chi connectivity index (χ1v) is 7.26. The third kappa shape index (κ3) is 5.11. The molecule has 0 bridgehead atoms. The van der Waals surface area contributed by atoms with Gasteiger partial charge in [0.1, 0.15) is 6.04 Å². The first kappa shape index (κ1) is 17.6. The van der Waals surface area contributed by atoms with E-state index in [0.717, 1.165) is 0 Å². The summed E-state index contributed by atoms with van der Waals surface area (Å²) < 4.78 is 0. The van der Waals surface area contributed by atoms with E-state index in [1.165, 1.54) is 0 Å². The molecule has 0 aromatic carbocycles. The number of hydrogen-bond donors (Lipinski definition) is 2. The van der Waals surface area contributed by atoms with Crippen LogP contribution in [0.25, 0.3) is 0 Å². The number of piperazine rings is 1. The molecule has 2 amide bonds. The molecule has 1 aliphatic heterocycles. The highest BCUT2D eigenvalue weighted by atomic mass is 16.6. The molecular weight excluding hydrogens is 272 g/mol. The lowest BCUT2D eigenvalue weighted by molar-refractivity contribution is -0.141. The van der Waals surface area contributed by atoms with Crippen molar-refractivity contribution in [2.24, 2.45) is 11.7 Å². The van der Waals surface area contributed by atoms with Crippen LogP contribution >= 0.6 is 0 Å². The first-order chi connectivity index (χ1) is 10.0. The summed E-state index contributed by atoms with van der Waals surface area (Å²) in [6.45, 7) is 10.3. The van der Waals surface area contributed by atoms with Crippen molar-refractivity contribution in [3.63, 3.8) is 0 Å². The molecule has 1 rings (SSSR count). The average molecular weight is 298 g/mol. The zero-order chi connectivity index (χ0) is 15.8. The summed E-state index contributed by atoms with van der Waals surface area (Å²) in [6, 6.07) is -0.439. The molecule has 0 saturated carbocycles. The molecule has 0 aliphatic carbocycles. The van der Waals surface area contributed by atoms with Crippen molar-refractivity contribution in [2.45, 2.75) is 19.9 Å². The van der Waals surface area contributed by atoms with Crippen molar-refractivity contribution in [3.05, 3.63) is 12.7 Å². The van der Waals surface area contributed by atoms with Crippen LogP contribution in [-0.4, -0.2) is 67.0 Å². The lowest BCUT2D eigenvalue weighted by Gasteiger charge is -2.38. The van der Waals surface area contributed by atoms with Gasteiger partial charge in [-0.05, 0) is 0 Å². The number of amides is 2. The average Bonchev–Trinajstić information content (AvgIpc) is 2.48. The summed E-state index contributed by atoms with van der Waals surface area (Å²) in [5, 5.41) is 0. The van der Waals surface area contributed by atoms with Gasteiger partial charge in [0.15, 0.2) is 0 Å². The summed E-state index contributed by atoms with van der Waals surface area (Å²) in [5.41, 5.74) is 8.06. The van der Waals surface area contributed by atoms with Crippen molar-refractivity contribution in [1.82, 2.24) is 15.3 Å². The maximum Gasteiger partial charge on any atom is 0.262 e. The van der Waals surface area contributed by atoms with Crippen molar-refractivity contribution in [1.29, 1.82) is 0 Å². The van der Waals surface area contributed by atoms with Crippen molar-refractivity contribution >= 4 is 11.8 Å². The minimum Gasteiger partial charge on any atom is -0.340 e. The highest BCUT2D eigenvalue weighted by Gasteiger charge is 2.30. The maximum absolute atomic E-state index is 12.0. The van der Waals surface area contributed by atoms with Gasteiger partial charge < -0.3 is 10.6 Å². The number of nitrogens with one attached hydrogen (secondary N) is 1. The highest BCUT2D eigenvalue weighted by Crippen LogP contribution is 2.09. The first-order valence-electron chi connectivity index (χ1n) is 7.26. The van der Waals surface area contributed by atoms with Gasteiger partial charge in [-0.2, -0.15) is 0 Å². The monoisotopic (exact) mass is 298 g/mol. The Balaban J connectivity index is 2.48. The molecule has 120 valence electrons. The van der Waals surface area contributed by atoms with Crippen LogP contribution in [0.5, 0.6) is 0 Å². The predicted molar refractivity (Wildman–Crippen MR) is 80.1 cm³/mol. The van der Waals surface area contributed by atoms with Gasteiger partial charge in [0.2, 0.25) is 5.91 Å². The number of rotatable bonds is 7. The van der Waals surface area contributed by atoms with Gasteiger partial charge in [-0.1, -0.05) is 19.9 Å². The van der Waals surface area contributed by atoms with Crippen LogP contribution in [0.4, 0.5) is 0 Å². The highest BCUT2D eigenvalue weighted by molar-refractivity contribution is 5.81. The second-order valence-corrected chi connectivity index (χ2v) is 5.33. The fourth-order valence-corrected chi connectivity index (χ4v) is 2.28. The van der Waals surface area contributed by atoms with E-state index in [4.69, 9.17) is 10.6 Å². The molecule has 0 aromatic heterocycles. The molecule has 1 aliphatic rings. The Morgan fingerprint density at radius 3 is 2.43 bits per heavy atom. The van der Waals surface area contributed by atoms with Crippen LogP contribution < -0.4 is 11.2 Å². The van der Waals surface area contributed by atoms with E-state index < -0.39 is 6.04 Å². The Hall–Kier alpha value is -1.44. The van der Waals surface area contributed by atoms with E-state index in [1.54, 1.807) is 6.08 Å². The van der Waals surface area contributed by atoms with Crippen molar-refractivity contribution in [2.75, 3.05) is 39.3 Å². The summed E-state index contributed by atoms with van der Waals surface area (Å²) in [7, 11) is 0. The molecule has 1 atom stereocenters.